The molecular formula is C66H49N3. The number of nitrogens with two attached hydrogens (primary N) is 1. The monoisotopic (exact) mass is 883 g/mol. The number of fused-ring (bicyclic) bond motifs is 4. The van der Waals surface area contributed by atoms with Gasteiger partial charge < -0.3 is 16.0 Å². The molecule has 0 fully saturated rings. The minimum absolute atomic E-state index is 0.431. The van der Waals surface area contributed by atoms with Gasteiger partial charge in [-0.2, -0.15) is 0 Å². The van der Waals surface area contributed by atoms with Crippen LogP contribution < -0.4 is 16.0 Å². The van der Waals surface area contributed by atoms with Gasteiger partial charge in [0.15, 0.2) is 0 Å². The van der Waals surface area contributed by atoms with Crippen LogP contribution in [0.1, 0.15) is 56.1 Å². The predicted molar refractivity (Wildman–Crippen MR) is 288 cm³/mol. The summed E-state index contributed by atoms with van der Waals surface area (Å²) < 4.78 is 0. The lowest BCUT2D eigenvalue weighted by atomic mass is 9.68. The van der Waals surface area contributed by atoms with Crippen molar-refractivity contribution >= 4 is 40.1 Å². The van der Waals surface area contributed by atoms with E-state index in [1.807, 2.05) is 6.07 Å². The van der Waals surface area contributed by atoms with Crippen LogP contribution in [0.5, 0.6) is 0 Å². The predicted octanol–water partition coefficient (Wildman–Crippen LogP) is 15.9. The molecule has 69 heavy (non-hydrogen) atoms. The van der Waals surface area contributed by atoms with Gasteiger partial charge in [-0.3, -0.25) is 0 Å². The van der Waals surface area contributed by atoms with Gasteiger partial charge in [0.2, 0.25) is 0 Å². The van der Waals surface area contributed by atoms with Gasteiger partial charge in [0.1, 0.15) is 0 Å². The third kappa shape index (κ3) is 7.28. The Morgan fingerprint density at radius 1 is 0.435 bits per heavy atom. The molecule has 3 N–H and O–H groups in total. The lowest BCUT2D eigenvalue weighted by molar-refractivity contribution is 0.768. The highest BCUT2D eigenvalue weighted by atomic mass is 15.1. The van der Waals surface area contributed by atoms with E-state index in [1.165, 1.54) is 33.4 Å². The van der Waals surface area contributed by atoms with E-state index in [2.05, 4.69) is 277 Å². The van der Waals surface area contributed by atoms with Crippen molar-refractivity contribution in [2.45, 2.75) is 11.5 Å². The summed E-state index contributed by atoms with van der Waals surface area (Å²) in [5.41, 5.74) is 28.2. The van der Waals surface area contributed by atoms with E-state index in [1.54, 1.807) is 0 Å². The van der Waals surface area contributed by atoms with E-state index in [0.29, 0.717) is 0 Å². The summed E-state index contributed by atoms with van der Waals surface area (Å²) in [5.74, 6) is 0. The average Bonchev–Trinajstić information content (AvgIpc) is 3.74. The van der Waals surface area contributed by atoms with Crippen LogP contribution in [0, 0.1) is 0 Å². The van der Waals surface area contributed by atoms with Gasteiger partial charge in [-0.1, -0.05) is 237 Å². The number of nitrogens with zero attached hydrogens (tertiary/aromatic N) is 1. The molecular weight excluding hydrogens is 835 g/mol. The highest BCUT2D eigenvalue weighted by molar-refractivity contribution is 6.05. The molecule has 1 aliphatic carbocycles. The maximum absolute atomic E-state index is 7.50. The summed E-state index contributed by atoms with van der Waals surface area (Å²) in [7, 11) is 0. The number of anilines is 3. The average molecular weight is 884 g/mol. The zero-order valence-corrected chi connectivity index (χ0v) is 38.1. The van der Waals surface area contributed by atoms with E-state index >= 15 is 0 Å². The summed E-state index contributed by atoms with van der Waals surface area (Å²) >= 11 is 0. The second kappa shape index (κ2) is 17.8. The van der Waals surface area contributed by atoms with Crippen LogP contribution in [0.3, 0.4) is 0 Å². The Morgan fingerprint density at radius 3 is 1.65 bits per heavy atom. The number of rotatable bonds is 10. The van der Waals surface area contributed by atoms with Crippen LogP contribution in [0.25, 0.3) is 45.3 Å². The molecule has 12 rings (SSSR count). The number of hydrogen-bond donors (Lipinski definition) is 2. The van der Waals surface area contributed by atoms with Gasteiger partial charge in [0, 0.05) is 33.8 Å². The summed E-state index contributed by atoms with van der Waals surface area (Å²) in [6.07, 6.45) is 2.28. The third-order valence-corrected chi connectivity index (χ3v) is 13.9. The molecule has 0 bridgehead atoms. The summed E-state index contributed by atoms with van der Waals surface area (Å²) in [5, 5.41) is 4.00. The van der Waals surface area contributed by atoms with Crippen LogP contribution >= 0.6 is 0 Å². The van der Waals surface area contributed by atoms with Gasteiger partial charge in [-0.15, -0.1) is 0 Å². The fourth-order valence-corrected chi connectivity index (χ4v) is 10.9. The Morgan fingerprint density at radius 2 is 0.971 bits per heavy atom. The second-order valence-electron chi connectivity index (χ2n) is 17.8. The normalized spacial score (nSPS) is 14.3. The molecule has 1 aliphatic heterocycles. The van der Waals surface area contributed by atoms with Crippen molar-refractivity contribution in [3.05, 3.63) is 317 Å². The van der Waals surface area contributed by atoms with E-state index in [9.17, 15) is 0 Å². The van der Waals surface area contributed by atoms with Gasteiger partial charge in [-0.05, 0) is 97.6 Å². The van der Waals surface area contributed by atoms with Crippen molar-refractivity contribution in [3.8, 4) is 22.3 Å². The molecule has 0 spiro atoms. The fraction of sp³-hybridized carbons (Fsp3) is 0.0303. The second-order valence-corrected chi connectivity index (χ2v) is 17.8. The molecule has 2 aliphatic rings. The molecule has 0 saturated carbocycles. The first kappa shape index (κ1) is 41.7. The van der Waals surface area contributed by atoms with Gasteiger partial charge >= 0.3 is 0 Å². The highest BCUT2D eigenvalue weighted by Crippen LogP contribution is 2.59. The first-order chi connectivity index (χ1) is 34.2. The van der Waals surface area contributed by atoms with E-state index in [0.717, 1.165) is 73.0 Å². The van der Waals surface area contributed by atoms with Crippen molar-refractivity contribution < 1.29 is 0 Å². The highest BCUT2D eigenvalue weighted by Gasteiger charge is 2.47. The van der Waals surface area contributed by atoms with Gasteiger partial charge in [0.05, 0.1) is 22.8 Å². The summed E-state index contributed by atoms with van der Waals surface area (Å²) in [4.78, 5) is 2.47. The van der Waals surface area contributed by atoms with Crippen LogP contribution in [0.15, 0.2) is 267 Å². The van der Waals surface area contributed by atoms with E-state index in [-0.39, 0.29) is 0 Å². The zero-order valence-electron chi connectivity index (χ0n) is 38.1. The molecule has 0 amide bonds. The number of hydrogen-bond acceptors (Lipinski definition) is 3. The Hall–Kier alpha value is -8.76. The molecule has 10 aromatic rings. The van der Waals surface area contributed by atoms with Crippen LogP contribution in [-0.4, -0.2) is 0 Å². The van der Waals surface area contributed by atoms with Crippen LogP contribution in [0.4, 0.5) is 17.1 Å². The molecule has 328 valence electrons. The minimum Gasteiger partial charge on any atom is -0.354 e. The first-order valence-corrected chi connectivity index (χ1v) is 23.8. The molecule has 1 unspecified atom stereocenters. The molecule has 0 saturated heterocycles. The van der Waals surface area contributed by atoms with Crippen molar-refractivity contribution in [1.82, 2.24) is 5.32 Å². The van der Waals surface area contributed by atoms with Crippen molar-refractivity contribution in [1.29, 1.82) is 0 Å². The standard InChI is InChI=1S/C66H49N3/c67-64(49-29-13-4-14-30-49)62(48-27-11-3-12-28-48)65-57-45-55(42-41-51(57)44-60(68-65)47-25-9-2-10-26-47)69(54-36-21-31-50(43-54)46-23-7-1-8-24-46)61-40-22-39-59-63(61)56-37-19-20-38-58(56)66(59,52-32-15-5-16-33-52)53-34-17-6-18-35-53/h1-45,64,68H,67H2/b65-62-. The Balaban J connectivity index is 1.15. The first-order valence-electron chi connectivity index (χ1n) is 23.8. The SMILES string of the molecule is NC(/C(=C1\NC(c2ccccc2)=Cc2ccc(N(c3cccc(-c4ccccc4)c3)c3cccc4c3-c3ccccc3C4(c3ccccc3)c3ccccc3)cc21)c1ccccc1)c1ccccc1. The molecule has 1 atom stereocenters. The Kier molecular flexibility index (Phi) is 10.7. The lowest BCUT2D eigenvalue weighted by Crippen LogP contribution is -2.28. The minimum atomic E-state index is -0.561. The van der Waals surface area contributed by atoms with Gasteiger partial charge in [-0.25, -0.2) is 0 Å². The van der Waals surface area contributed by atoms with Gasteiger partial charge in [0.25, 0.3) is 0 Å². The lowest BCUT2D eigenvalue weighted by Gasteiger charge is -2.34. The summed E-state index contributed by atoms with van der Waals surface area (Å²) in [6.45, 7) is 0. The van der Waals surface area contributed by atoms with E-state index < -0.39 is 11.5 Å². The molecule has 0 aromatic heterocycles. The topological polar surface area (TPSA) is 41.3 Å². The van der Waals surface area contributed by atoms with Crippen molar-refractivity contribution in [2.75, 3.05) is 4.90 Å². The Bertz CT molecular complexity index is 3470. The van der Waals surface area contributed by atoms with E-state index in [4.69, 9.17) is 5.73 Å². The zero-order chi connectivity index (χ0) is 46.2. The van der Waals surface area contributed by atoms with Crippen molar-refractivity contribution in [3.63, 3.8) is 0 Å². The smallest absolute Gasteiger partial charge is 0.0714 e. The molecule has 0 radical (unpaired) electrons. The maximum atomic E-state index is 7.50. The number of benzene rings is 10. The molecule has 3 heteroatoms. The maximum Gasteiger partial charge on any atom is 0.0714 e. The summed E-state index contributed by atoms with van der Waals surface area (Å²) in [6, 6.07) is 95.8. The molecule has 3 nitrogen and oxygen atoms in total. The molecule has 1 heterocycles. The number of nitrogens with one attached hydrogen (secondary N) is 1. The Labute approximate surface area is 404 Å². The largest absolute Gasteiger partial charge is 0.354 e. The molecule has 10 aromatic carbocycles. The fourth-order valence-electron chi connectivity index (χ4n) is 10.9. The van der Waals surface area contributed by atoms with Crippen molar-refractivity contribution in [2.24, 2.45) is 5.73 Å². The quantitative estimate of drug-likeness (QED) is 0.144. The van der Waals surface area contributed by atoms with Crippen LogP contribution in [-0.2, 0) is 5.41 Å². The van der Waals surface area contributed by atoms with Crippen LogP contribution in [0.2, 0.25) is 0 Å². The third-order valence-electron chi connectivity index (χ3n) is 13.9.